The zero-order valence-corrected chi connectivity index (χ0v) is 14.9. The van der Waals surface area contributed by atoms with Gasteiger partial charge in [0.25, 0.3) is 5.91 Å². The van der Waals surface area contributed by atoms with E-state index in [2.05, 4.69) is 0 Å². The maximum absolute atomic E-state index is 13.0. The minimum absolute atomic E-state index is 0.191. The first kappa shape index (κ1) is 17.4. The number of fused-ring (bicyclic) bond motifs is 1. The molecule has 0 saturated heterocycles. The van der Waals surface area contributed by atoms with E-state index in [4.69, 9.17) is 0 Å². The number of hydrogen-bond donors (Lipinski definition) is 1. The quantitative estimate of drug-likeness (QED) is 0.912. The zero-order chi connectivity index (χ0) is 18.2. The number of carbonyl (C=O) groups excluding carboxylic acids is 2. The molecule has 1 amide bonds. The van der Waals surface area contributed by atoms with Gasteiger partial charge in [-0.2, -0.15) is 0 Å². The molecular weight excluding hydrogens is 314 g/mol. The maximum atomic E-state index is 13.0. The summed E-state index contributed by atoms with van der Waals surface area (Å²) in [6.45, 7) is 5.74. The molecule has 2 aromatic rings. The van der Waals surface area contributed by atoms with Crippen LogP contribution in [0.25, 0.3) is 0 Å². The highest BCUT2D eigenvalue weighted by Gasteiger charge is 2.50. The van der Waals surface area contributed by atoms with Crippen LogP contribution in [0.3, 0.4) is 0 Å². The van der Waals surface area contributed by atoms with Crippen molar-refractivity contribution in [3.8, 4) is 0 Å². The highest BCUT2D eigenvalue weighted by atomic mass is 16.3. The molecule has 0 fully saturated rings. The molecular formula is C21H23NO3. The molecule has 4 nitrogen and oxygen atoms in total. The first-order chi connectivity index (χ1) is 11.8. The third-order valence-corrected chi connectivity index (χ3v) is 4.73. The van der Waals surface area contributed by atoms with Gasteiger partial charge in [0, 0.05) is 18.5 Å². The van der Waals surface area contributed by atoms with Crippen LogP contribution in [-0.4, -0.2) is 23.3 Å². The van der Waals surface area contributed by atoms with E-state index in [0.29, 0.717) is 18.5 Å². The average Bonchev–Trinajstić information content (AvgIpc) is 2.75. The summed E-state index contributed by atoms with van der Waals surface area (Å²) in [4.78, 5) is 26.4. The highest BCUT2D eigenvalue weighted by Crippen LogP contribution is 2.45. The van der Waals surface area contributed by atoms with E-state index in [1.54, 1.807) is 4.90 Å². The summed E-state index contributed by atoms with van der Waals surface area (Å²) in [7, 11) is 0. The predicted octanol–water partition coefficient (Wildman–Crippen LogP) is 3.06. The number of amides is 1. The van der Waals surface area contributed by atoms with Crippen LogP contribution >= 0.6 is 0 Å². The van der Waals surface area contributed by atoms with E-state index >= 15 is 0 Å². The van der Waals surface area contributed by atoms with E-state index in [1.165, 1.54) is 6.92 Å². The Bertz CT molecular complexity index is 829. The number of anilines is 1. The van der Waals surface area contributed by atoms with Gasteiger partial charge < -0.3 is 10.0 Å². The number of rotatable bonds is 5. The van der Waals surface area contributed by atoms with E-state index in [-0.39, 0.29) is 12.2 Å². The standard InChI is InChI=1S/C21H23NO3/c1-14-11-15(2)19-18(12-14)21(25,13-16(3)23)20(24)22(19)10-9-17-7-5-4-6-8-17/h4-8,11-12,25H,9-10,13H2,1-3H3/t21-/m1/s1. The molecule has 25 heavy (non-hydrogen) atoms. The fourth-order valence-corrected chi connectivity index (χ4v) is 3.70. The smallest absolute Gasteiger partial charge is 0.264 e. The molecule has 3 rings (SSSR count). The second-order valence-electron chi connectivity index (χ2n) is 6.91. The maximum Gasteiger partial charge on any atom is 0.264 e. The van der Waals surface area contributed by atoms with Crippen LogP contribution in [0.15, 0.2) is 42.5 Å². The van der Waals surface area contributed by atoms with E-state index < -0.39 is 11.5 Å². The lowest BCUT2D eigenvalue weighted by atomic mass is 9.88. The normalized spacial score (nSPS) is 19.2. The van der Waals surface area contributed by atoms with Crippen molar-refractivity contribution in [3.05, 3.63) is 64.7 Å². The van der Waals surface area contributed by atoms with Crippen LogP contribution in [-0.2, 0) is 21.6 Å². The molecule has 4 heteroatoms. The molecule has 0 spiro atoms. The van der Waals surface area contributed by atoms with Gasteiger partial charge in [-0.05, 0) is 38.3 Å². The second-order valence-corrected chi connectivity index (χ2v) is 6.91. The Morgan fingerprint density at radius 3 is 2.48 bits per heavy atom. The van der Waals surface area contributed by atoms with E-state index in [0.717, 1.165) is 22.4 Å². The molecule has 1 aliphatic heterocycles. The Kier molecular flexibility index (Phi) is 4.48. The minimum atomic E-state index is -1.76. The van der Waals surface area contributed by atoms with Gasteiger partial charge in [-0.1, -0.05) is 48.0 Å². The minimum Gasteiger partial charge on any atom is -0.375 e. The zero-order valence-electron chi connectivity index (χ0n) is 14.9. The summed E-state index contributed by atoms with van der Waals surface area (Å²) in [6, 6.07) is 13.8. The van der Waals surface area contributed by atoms with E-state index in [9.17, 15) is 14.7 Å². The monoisotopic (exact) mass is 337 g/mol. The van der Waals surface area contributed by atoms with Crippen molar-refractivity contribution in [3.63, 3.8) is 0 Å². The first-order valence-electron chi connectivity index (χ1n) is 8.52. The second kappa shape index (κ2) is 6.45. The van der Waals surface area contributed by atoms with Gasteiger partial charge in [-0.3, -0.25) is 9.59 Å². The fraction of sp³-hybridized carbons (Fsp3) is 0.333. The van der Waals surface area contributed by atoms with Crippen molar-refractivity contribution in [2.75, 3.05) is 11.4 Å². The number of carbonyl (C=O) groups is 2. The molecule has 1 heterocycles. The van der Waals surface area contributed by atoms with E-state index in [1.807, 2.05) is 56.3 Å². The van der Waals surface area contributed by atoms with Crippen LogP contribution in [0.5, 0.6) is 0 Å². The lowest BCUT2D eigenvalue weighted by Gasteiger charge is -2.22. The fourth-order valence-electron chi connectivity index (χ4n) is 3.70. The predicted molar refractivity (Wildman–Crippen MR) is 97.6 cm³/mol. The largest absolute Gasteiger partial charge is 0.375 e. The Morgan fingerprint density at radius 1 is 1.16 bits per heavy atom. The Labute approximate surface area is 148 Å². The lowest BCUT2D eigenvalue weighted by Crippen LogP contribution is -2.42. The van der Waals surface area contributed by atoms with Gasteiger partial charge in [0.15, 0.2) is 5.60 Å². The van der Waals surface area contributed by atoms with Gasteiger partial charge in [-0.15, -0.1) is 0 Å². The number of nitrogens with zero attached hydrogens (tertiary/aromatic N) is 1. The third-order valence-electron chi connectivity index (χ3n) is 4.73. The SMILES string of the molecule is CC(=O)C[C@]1(O)C(=O)N(CCc2ccccc2)c2c(C)cc(C)cc21. The molecule has 0 radical (unpaired) electrons. The van der Waals surface area contributed by atoms with Gasteiger partial charge >= 0.3 is 0 Å². The third kappa shape index (κ3) is 3.10. The number of benzene rings is 2. The van der Waals surface area contributed by atoms with Crippen LogP contribution in [0, 0.1) is 13.8 Å². The van der Waals surface area contributed by atoms with Crippen molar-refractivity contribution >= 4 is 17.4 Å². The molecule has 0 unspecified atom stereocenters. The van der Waals surface area contributed by atoms with Crippen molar-refractivity contribution in [2.24, 2.45) is 0 Å². The van der Waals surface area contributed by atoms with Crippen LogP contribution in [0.1, 0.15) is 35.6 Å². The molecule has 2 aromatic carbocycles. The van der Waals surface area contributed by atoms with Crippen LogP contribution in [0.4, 0.5) is 5.69 Å². The van der Waals surface area contributed by atoms with Crippen LogP contribution < -0.4 is 4.90 Å². The molecule has 0 aliphatic carbocycles. The Morgan fingerprint density at radius 2 is 1.84 bits per heavy atom. The summed E-state index contributed by atoms with van der Waals surface area (Å²) in [6.07, 6.45) is 0.499. The molecule has 1 N–H and O–H groups in total. The van der Waals surface area contributed by atoms with Crippen molar-refractivity contribution < 1.29 is 14.7 Å². The number of hydrogen-bond acceptors (Lipinski definition) is 3. The number of aryl methyl sites for hydroxylation is 2. The summed E-state index contributed by atoms with van der Waals surface area (Å²) in [5, 5.41) is 11.1. The average molecular weight is 337 g/mol. The van der Waals surface area contributed by atoms with Crippen molar-refractivity contribution in [1.82, 2.24) is 0 Å². The number of ketones is 1. The van der Waals surface area contributed by atoms with Crippen molar-refractivity contribution in [2.45, 2.75) is 39.2 Å². The summed E-state index contributed by atoms with van der Waals surface area (Å²) < 4.78 is 0. The summed E-state index contributed by atoms with van der Waals surface area (Å²) in [5.74, 6) is -0.604. The Hall–Kier alpha value is -2.46. The van der Waals surface area contributed by atoms with Gasteiger partial charge in [0.2, 0.25) is 0 Å². The highest BCUT2D eigenvalue weighted by molar-refractivity contribution is 6.09. The topological polar surface area (TPSA) is 57.6 Å². The van der Waals surface area contributed by atoms with Gasteiger partial charge in [0.05, 0.1) is 5.69 Å². The van der Waals surface area contributed by atoms with Gasteiger partial charge in [0.1, 0.15) is 5.78 Å². The summed E-state index contributed by atoms with van der Waals surface area (Å²) >= 11 is 0. The molecule has 0 bridgehead atoms. The molecule has 0 aromatic heterocycles. The molecule has 0 saturated carbocycles. The van der Waals surface area contributed by atoms with Gasteiger partial charge in [-0.25, -0.2) is 0 Å². The van der Waals surface area contributed by atoms with Crippen molar-refractivity contribution in [1.29, 1.82) is 0 Å². The number of Topliss-reactive ketones (excluding diaryl/α,β-unsaturated/α-hetero) is 1. The first-order valence-corrected chi connectivity index (χ1v) is 8.52. The Balaban J connectivity index is 2.00. The van der Waals surface area contributed by atoms with Crippen LogP contribution in [0.2, 0.25) is 0 Å². The number of aliphatic hydroxyl groups is 1. The summed E-state index contributed by atoms with van der Waals surface area (Å²) in [5.41, 5.74) is 2.58. The lowest BCUT2D eigenvalue weighted by molar-refractivity contribution is -0.141. The molecule has 1 atom stereocenters. The molecule has 1 aliphatic rings. The molecule has 130 valence electrons.